The van der Waals surface area contributed by atoms with Gasteiger partial charge in [-0.2, -0.15) is 5.10 Å². The normalized spacial score (nSPS) is 18.8. The number of rotatable bonds is 1. The molecule has 0 bridgehead atoms. The van der Waals surface area contributed by atoms with E-state index in [9.17, 15) is 0 Å². The van der Waals surface area contributed by atoms with Gasteiger partial charge in [-0.3, -0.25) is 5.01 Å². The summed E-state index contributed by atoms with van der Waals surface area (Å²) >= 11 is 0. The molecule has 8 heavy (non-hydrogen) atoms. The van der Waals surface area contributed by atoms with Crippen LogP contribution in [0.2, 0.25) is 0 Å². The molecular weight excluding hydrogens is 100 g/mol. The van der Waals surface area contributed by atoms with E-state index >= 15 is 0 Å². The summed E-state index contributed by atoms with van der Waals surface area (Å²) in [6.45, 7) is 5.39. The van der Waals surface area contributed by atoms with E-state index in [1.807, 2.05) is 5.01 Å². The van der Waals surface area contributed by atoms with Crippen LogP contribution in [-0.2, 0) is 0 Å². The molecule has 1 aliphatic rings. The lowest BCUT2D eigenvalue weighted by Gasteiger charge is -2.17. The van der Waals surface area contributed by atoms with E-state index < -0.39 is 0 Å². The van der Waals surface area contributed by atoms with Crippen molar-refractivity contribution in [3.05, 3.63) is 12.2 Å². The van der Waals surface area contributed by atoms with Gasteiger partial charge in [-0.25, -0.2) is 0 Å². The maximum Gasteiger partial charge on any atom is 0.0541 e. The van der Waals surface area contributed by atoms with E-state index in [4.69, 9.17) is 0 Å². The number of hydrogen-bond donors (Lipinski definition) is 0. The number of hydrogen-bond acceptors (Lipinski definition) is 2. The molecule has 0 radical (unpaired) electrons. The molecule has 0 aromatic carbocycles. The van der Waals surface area contributed by atoms with Crippen LogP contribution in [0.5, 0.6) is 0 Å². The third kappa shape index (κ3) is 1.09. The zero-order chi connectivity index (χ0) is 5.82. The lowest BCUT2D eigenvalue weighted by Crippen LogP contribution is -2.20. The van der Waals surface area contributed by atoms with Gasteiger partial charge in [0, 0.05) is 13.3 Å². The van der Waals surface area contributed by atoms with Crippen molar-refractivity contribution >= 4 is 6.72 Å². The Balaban J connectivity index is 2.37. The van der Waals surface area contributed by atoms with Crippen molar-refractivity contribution in [2.75, 3.05) is 13.1 Å². The molecule has 0 spiro atoms. The summed E-state index contributed by atoms with van der Waals surface area (Å²) in [6, 6.07) is 0. The van der Waals surface area contributed by atoms with Gasteiger partial charge in [-0.05, 0) is 6.42 Å². The molecule has 1 rings (SSSR count). The van der Waals surface area contributed by atoms with E-state index in [0.717, 1.165) is 19.5 Å². The summed E-state index contributed by atoms with van der Waals surface area (Å²) in [4.78, 5) is 0. The lowest BCUT2D eigenvalue weighted by molar-refractivity contribution is 0.318. The van der Waals surface area contributed by atoms with Gasteiger partial charge >= 0.3 is 0 Å². The Labute approximate surface area is 49.5 Å². The molecule has 0 aromatic rings. The van der Waals surface area contributed by atoms with Crippen molar-refractivity contribution in [1.82, 2.24) is 5.01 Å². The lowest BCUT2D eigenvalue weighted by atomic mass is 10.3. The first-order chi connectivity index (χ1) is 3.93. The van der Waals surface area contributed by atoms with Gasteiger partial charge in [-0.15, -0.1) is 0 Å². The second-order valence-corrected chi connectivity index (χ2v) is 1.81. The second-order valence-electron chi connectivity index (χ2n) is 1.81. The van der Waals surface area contributed by atoms with Crippen LogP contribution in [-0.4, -0.2) is 24.8 Å². The molecule has 0 atom stereocenters. The molecular formula is C6H10N2. The monoisotopic (exact) mass is 110 g/mol. The first-order valence-corrected chi connectivity index (χ1v) is 2.80. The van der Waals surface area contributed by atoms with Crippen LogP contribution in [0, 0.1) is 0 Å². The maximum absolute atomic E-state index is 3.78. The van der Waals surface area contributed by atoms with Crippen LogP contribution >= 0.6 is 0 Å². The maximum atomic E-state index is 3.78. The van der Waals surface area contributed by atoms with E-state index in [2.05, 4.69) is 24.0 Å². The van der Waals surface area contributed by atoms with Crippen LogP contribution < -0.4 is 0 Å². The Kier molecular flexibility index (Phi) is 1.67. The fraction of sp³-hybridized carbons (Fsp3) is 0.500. The summed E-state index contributed by atoms with van der Waals surface area (Å²) in [6.07, 6.45) is 5.39. The molecule has 0 aliphatic carbocycles. The third-order valence-corrected chi connectivity index (χ3v) is 1.24. The molecule has 2 nitrogen and oxygen atoms in total. The molecule has 0 aromatic heterocycles. The van der Waals surface area contributed by atoms with Crippen molar-refractivity contribution in [1.29, 1.82) is 0 Å². The fourth-order valence-electron chi connectivity index (χ4n) is 0.757. The molecule has 0 saturated carbocycles. The van der Waals surface area contributed by atoms with Crippen LogP contribution in [0.15, 0.2) is 17.3 Å². The molecule has 0 saturated heterocycles. The van der Waals surface area contributed by atoms with Crippen LogP contribution in [0.3, 0.4) is 0 Å². The minimum atomic E-state index is 0.934. The van der Waals surface area contributed by atoms with Crippen molar-refractivity contribution in [2.24, 2.45) is 5.10 Å². The highest BCUT2D eigenvalue weighted by Crippen LogP contribution is 1.98. The zero-order valence-corrected chi connectivity index (χ0v) is 4.88. The molecule has 0 amide bonds. The average Bonchev–Trinajstić information content (AvgIpc) is 1.90. The third-order valence-electron chi connectivity index (χ3n) is 1.24. The largest absolute Gasteiger partial charge is 0.294 e. The van der Waals surface area contributed by atoms with Gasteiger partial charge in [-0.1, -0.05) is 12.2 Å². The summed E-state index contributed by atoms with van der Waals surface area (Å²) in [5.41, 5.74) is 0. The van der Waals surface area contributed by atoms with Gasteiger partial charge in [0.05, 0.1) is 6.54 Å². The topological polar surface area (TPSA) is 15.6 Å². The van der Waals surface area contributed by atoms with Crippen molar-refractivity contribution in [2.45, 2.75) is 6.42 Å². The second kappa shape index (κ2) is 2.50. The zero-order valence-electron chi connectivity index (χ0n) is 4.88. The molecule has 0 N–H and O–H groups in total. The summed E-state index contributed by atoms with van der Waals surface area (Å²) in [7, 11) is 0. The SMILES string of the molecule is C=NN1CC=CCC1. The first kappa shape index (κ1) is 5.35. The molecule has 0 fully saturated rings. The molecule has 44 valence electrons. The molecule has 1 aliphatic heterocycles. The van der Waals surface area contributed by atoms with Crippen LogP contribution in [0.4, 0.5) is 0 Å². The minimum absolute atomic E-state index is 0.934. The molecule has 1 heterocycles. The van der Waals surface area contributed by atoms with Crippen molar-refractivity contribution < 1.29 is 0 Å². The van der Waals surface area contributed by atoms with Gasteiger partial charge < -0.3 is 0 Å². The van der Waals surface area contributed by atoms with Crippen LogP contribution in [0.25, 0.3) is 0 Å². The highest BCUT2D eigenvalue weighted by molar-refractivity contribution is 5.22. The first-order valence-electron chi connectivity index (χ1n) is 2.80. The van der Waals surface area contributed by atoms with Crippen molar-refractivity contribution in [3.8, 4) is 0 Å². The summed E-state index contributed by atoms with van der Waals surface area (Å²) in [5.74, 6) is 0. The predicted molar refractivity (Wildman–Crippen MR) is 34.9 cm³/mol. The highest BCUT2D eigenvalue weighted by atomic mass is 15.4. The van der Waals surface area contributed by atoms with Crippen LogP contribution in [0.1, 0.15) is 6.42 Å². The number of hydrazone groups is 1. The highest BCUT2D eigenvalue weighted by Gasteiger charge is 1.97. The Morgan fingerprint density at radius 3 is 2.75 bits per heavy atom. The van der Waals surface area contributed by atoms with E-state index in [1.54, 1.807) is 0 Å². The predicted octanol–water partition coefficient (Wildman–Crippen LogP) is 0.864. The van der Waals surface area contributed by atoms with Crippen molar-refractivity contribution in [3.63, 3.8) is 0 Å². The quantitative estimate of drug-likeness (QED) is 0.361. The van der Waals surface area contributed by atoms with E-state index in [0.29, 0.717) is 0 Å². The van der Waals surface area contributed by atoms with Gasteiger partial charge in [0.2, 0.25) is 0 Å². The Hall–Kier alpha value is -0.790. The van der Waals surface area contributed by atoms with Gasteiger partial charge in [0.1, 0.15) is 0 Å². The minimum Gasteiger partial charge on any atom is -0.294 e. The molecule has 2 heteroatoms. The molecule has 0 unspecified atom stereocenters. The van der Waals surface area contributed by atoms with Gasteiger partial charge in [0.15, 0.2) is 0 Å². The average molecular weight is 110 g/mol. The number of nitrogens with zero attached hydrogens (tertiary/aromatic N) is 2. The Bertz CT molecular complexity index is 107. The van der Waals surface area contributed by atoms with Gasteiger partial charge in [0.25, 0.3) is 0 Å². The van der Waals surface area contributed by atoms with E-state index in [-0.39, 0.29) is 0 Å². The Morgan fingerprint density at radius 2 is 2.38 bits per heavy atom. The fourth-order valence-corrected chi connectivity index (χ4v) is 0.757. The summed E-state index contributed by atoms with van der Waals surface area (Å²) < 4.78 is 0. The smallest absolute Gasteiger partial charge is 0.0541 e. The van der Waals surface area contributed by atoms with E-state index in [1.165, 1.54) is 0 Å². The Morgan fingerprint density at radius 1 is 1.50 bits per heavy atom. The summed E-state index contributed by atoms with van der Waals surface area (Å²) in [5, 5.41) is 5.72. The standard InChI is InChI=1S/C6H10N2/c1-7-8-5-3-2-4-6-8/h2-3H,1,4-6H2.